The van der Waals surface area contributed by atoms with E-state index in [1.807, 2.05) is 66.7 Å². The number of unbranched alkanes of at least 4 members (excludes halogenated alkanes) is 1. The molecule has 0 aliphatic carbocycles. The molecule has 0 aromatic heterocycles. The van der Waals surface area contributed by atoms with Gasteiger partial charge in [0.05, 0.1) is 0 Å². The van der Waals surface area contributed by atoms with Crippen molar-refractivity contribution < 1.29 is 19.1 Å². The Morgan fingerprint density at radius 2 is 1.73 bits per heavy atom. The van der Waals surface area contributed by atoms with Crippen LogP contribution in [0.5, 0.6) is 11.5 Å². The number of aryl methyl sites for hydroxylation is 1. The van der Waals surface area contributed by atoms with E-state index in [4.69, 9.17) is 21.1 Å². The van der Waals surface area contributed by atoms with Gasteiger partial charge < -0.3 is 19.7 Å². The number of amides is 2. The first-order valence-electron chi connectivity index (χ1n) is 12.8. The normalized spacial score (nSPS) is 12.7. The molecule has 37 heavy (non-hydrogen) atoms. The Morgan fingerprint density at radius 1 is 0.946 bits per heavy atom. The molecule has 0 radical (unpaired) electrons. The smallest absolute Gasteiger partial charge is 0.243 e. The van der Waals surface area contributed by atoms with Crippen LogP contribution in [0.3, 0.4) is 0 Å². The number of halogens is 1. The van der Waals surface area contributed by atoms with Crippen LogP contribution in [0.1, 0.15) is 42.9 Å². The molecule has 0 unspecified atom stereocenters. The molecule has 4 rings (SSSR count). The summed E-state index contributed by atoms with van der Waals surface area (Å²) in [6.07, 6.45) is 3.07. The lowest BCUT2D eigenvalue weighted by atomic mass is 10.0. The van der Waals surface area contributed by atoms with E-state index < -0.39 is 6.04 Å². The van der Waals surface area contributed by atoms with Crippen molar-refractivity contribution in [1.82, 2.24) is 10.2 Å². The lowest BCUT2D eigenvalue weighted by Gasteiger charge is -2.32. The molecule has 1 aliphatic rings. The molecule has 0 fully saturated rings. The van der Waals surface area contributed by atoms with E-state index in [0.29, 0.717) is 42.5 Å². The van der Waals surface area contributed by atoms with Crippen LogP contribution in [0, 0.1) is 0 Å². The standard InChI is InChI=1S/C30H33ClN2O4/c1-2-3-16-32-30(35)26(18-22-8-5-4-6-9-22)33(20-24-10-7-11-25(31)17-24)29(34)15-13-23-12-14-27-28(19-23)37-21-36-27/h4-12,14,17,19,26H,2-3,13,15-16,18,20-21H2,1H3,(H,32,35)/t26-/m0/s1. The number of benzene rings is 3. The lowest BCUT2D eigenvalue weighted by Crippen LogP contribution is -2.50. The van der Waals surface area contributed by atoms with Crippen molar-refractivity contribution in [3.05, 3.63) is 94.5 Å². The van der Waals surface area contributed by atoms with E-state index in [0.717, 1.165) is 29.5 Å². The molecule has 0 bridgehead atoms. The van der Waals surface area contributed by atoms with Crippen molar-refractivity contribution >= 4 is 23.4 Å². The molecule has 1 heterocycles. The number of hydrogen-bond donors (Lipinski definition) is 1. The molecule has 3 aromatic carbocycles. The van der Waals surface area contributed by atoms with Crippen molar-refractivity contribution in [2.24, 2.45) is 0 Å². The SMILES string of the molecule is CCCCNC(=O)[C@H](Cc1ccccc1)N(Cc1cccc(Cl)c1)C(=O)CCc1ccc2c(c1)OCO2. The fourth-order valence-electron chi connectivity index (χ4n) is 4.38. The van der Waals surface area contributed by atoms with Crippen molar-refractivity contribution in [3.8, 4) is 11.5 Å². The van der Waals surface area contributed by atoms with Crippen molar-refractivity contribution in [2.75, 3.05) is 13.3 Å². The zero-order valence-corrected chi connectivity index (χ0v) is 21.9. The molecule has 1 aliphatic heterocycles. The van der Waals surface area contributed by atoms with Gasteiger partial charge in [-0.3, -0.25) is 9.59 Å². The fraction of sp³-hybridized carbons (Fsp3) is 0.333. The molecule has 1 atom stereocenters. The van der Waals surface area contributed by atoms with Crippen LogP contribution in [0.4, 0.5) is 0 Å². The number of nitrogens with one attached hydrogen (secondary N) is 1. The first kappa shape index (κ1) is 26.6. The van der Waals surface area contributed by atoms with Gasteiger partial charge in [0, 0.05) is 31.0 Å². The Morgan fingerprint density at radius 3 is 2.51 bits per heavy atom. The Labute approximate surface area is 223 Å². The third-order valence-electron chi connectivity index (χ3n) is 6.41. The number of fused-ring (bicyclic) bond motifs is 1. The van der Waals surface area contributed by atoms with E-state index in [-0.39, 0.29) is 25.0 Å². The largest absolute Gasteiger partial charge is 0.454 e. The summed E-state index contributed by atoms with van der Waals surface area (Å²) in [6.45, 7) is 3.16. The van der Waals surface area contributed by atoms with Gasteiger partial charge in [-0.25, -0.2) is 0 Å². The van der Waals surface area contributed by atoms with Crippen LogP contribution in [-0.4, -0.2) is 36.1 Å². The summed E-state index contributed by atoms with van der Waals surface area (Å²) in [5, 5.41) is 3.64. The molecule has 2 amide bonds. The van der Waals surface area contributed by atoms with Crippen LogP contribution < -0.4 is 14.8 Å². The molecule has 0 spiro atoms. The molecule has 194 valence electrons. The van der Waals surface area contributed by atoms with E-state index >= 15 is 0 Å². The lowest BCUT2D eigenvalue weighted by molar-refractivity contribution is -0.141. The number of rotatable bonds is 12. The molecule has 0 saturated heterocycles. The number of ether oxygens (including phenoxy) is 2. The third kappa shape index (κ3) is 7.49. The van der Waals surface area contributed by atoms with E-state index in [2.05, 4.69) is 12.2 Å². The maximum atomic E-state index is 13.8. The molecule has 3 aromatic rings. The zero-order chi connectivity index (χ0) is 26.0. The van der Waals surface area contributed by atoms with Crippen LogP contribution in [-0.2, 0) is 29.0 Å². The minimum atomic E-state index is -0.650. The monoisotopic (exact) mass is 520 g/mol. The Balaban J connectivity index is 1.58. The molecular formula is C30H33ClN2O4. The second-order valence-electron chi connectivity index (χ2n) is 9.19. The molecule has 7 heteroatoms. The van der Waals surface area contributed by atoms with Gasteiger partial charge in [-0.1, -0.05) is 73.5 Å². The fourth-order valence-corrected chi connectivity index (χ4v) is 4.60. The van der Waals surface area contributed by atoms with Crippen LogP contribution in [0.15, 0.2) is 72.8 Å². The summed E-state index contributed by atoms with van der Waals surface area (Å²) in [5.41, 5.74) is 2.86. The quantitative estimate of drug-likeness (QED) is 0.318. The first-order chi connectivity index (χ1) is 18.0. The highest BCUT2D eigenvalue weighted by atomic mass is 35.5. The summed E-state index contributed by atoms with van der Waals surface area (Å²) in [7, 11) is 0. The van der Waals surface area contributed by atoms with Gasteiger partial charge in [0.1, 0.15) is 6.04 Å². The van der Waals surface area contributed by atoms with E-state index in [1.54, 1.807) is 11.0 Å². The van der Waals surface area contributed by atoms with Gasteiger partial charge in [0.2, 0.25) is 18.6 Å². The summed E-state index contributed by atoms with van der Waals surface area (Å²) in [6, 6.07) is 22.3. The highest BCUT2D eigenvalue weighted by Crippen LogP contribution is 2.33. The maximum absolute atomic E-state index is 13.8. The Kier molecular flexibility index (Phi) is 9.44. The molecular weight excluding hydrogens is 488 g/mol. The number of hydrogen-bond acceptors (Lipinski definition) is 4. The second kappa shape index (κ2) is 13.2. The molecule has 6 nitrogen and oxygen atoms in total. The highest BCUT2D eigenvalue weighted by Gasteiger charge is 2.30. The predicted octanol–water partition coefficient (Wildman–Crippen LogP) is 5.56. The topological polar surface area (TPSA) is 67.9 Å². The predicted molar refractivity (Wildman–Crippen MR) is 145 cm³/mol. The van der Waals surface area contributed by atoms with Gasteiger partial charge in [-0.2, -0.15) is 0 Å². The molecule has 0 saturated carbocycles. The summed E-state index contributed by atoms with van der Waals surface area (Å²) >= 11 is 6.25. The minimum Gasteiger partial charge on any atom is -0.454 e. The maximum Gasteiger partial charge on any atom is 0.243 e. The van der Waals surface area contributed by atoms with Crippen LogP contribution in [0.2, 0.25) is 5.02 Å². The van der Waals surface area contributed by atoms with Gasteiger partial charge in [-0.05, 0) is 53.8 Å². The first-order valence-corrected chi connectivity index (χ1v) is 13.2. The molecule has 1 N–H and O–H groups in total. The number of nitrogens with zero attached hydrogens (tertiary/aromatic N) is 1. The van der Waals surface area contributed by atoms with Gasteiger partial charge in [-0.15, -0.1) is 0 Å². The van der Waals surface area contributed by atoms with Gasteiger partial charge >= 0.3 is 0 Å². The van der Waals surface area contributed by atoms with Crippen molar-refractivity contribution in [1.29, 1.82) is 0 Å². The van der Waals surface area contributed by atoms with Gasteiger partial charge in [0.25, 0.3) is 0 Å². The van der Waals surface area contributed by atoms with Crippen LogP contribution >= 0.6 is 11.6 Å². The second-order valence-corrected chi connectivity index (χ2v) is 9.63. The minimum absolute atomic E-state index is 0.0933. The van der Waals surface area contributed by atoms with Crippen molar-refractivity contribution in [2.45, 2.75) is 51.6 Å². The van der Waals surface area contributed by atoms with Crippen LogP contribution in [0.25, 0.3) is 0 Å². The number of carbonyl (C=O) groups is 2. The average Bonchev–Trinajstić information content (AvgIpc) is 3.38. The highest BCUT2D eigenvalue weighted by molar-refractivity contribution is 6.30. The van der Waals surface area contributed by atoms with E-state index in [9.17, 15) is 9.59 Å². The summed E-state index contributed by atoms with van der Waals surface area (Å²) < 4.78 is 10.9. The third-order valence-corrected chi connectivity index (χ3v) is 6.64. The number of carbonyl (C=O) groups excluding carboxylic acids is 2. The Bertz CT molecular complexity index is 1200. The Hall–Kier alpha value is -3.51. The zero-order valence-electron chi connectivity index (χ0n) is 21.1. The van der Waals surface area contributed by atoms with Gasteiger partial charge in [0.15, 0.2) is 11.5 Å². The van der Waals surface area contributed by atoms with Crippen molar-refractivity contribution in [3.63, 3.8) is 0 Å². The summed E-state index contributed by atoms with van der Waals surface area (Å²) in [5.74, 6) is 1.17. The van der Waals surface area contributed by atoms with E-state index in [1.165, 1.54) is 0 Å². The average molecular weight is 521 g/mol. The summed E-state index contributed by atoms with van der Waals surface area (Å²) in [4.78, 5) is 28.9.